The number of halogens is 1. The van der Waals surface area contributed by atoms with E-state index < -0.39 is 0 Å². The highest BCUT2D eigenvalue weighted by molar-refractivity contribution is 9.11. The third-order valence-electron chi connectivity index (χ3n) is 3.01. The van der Waals surface area contributed by atoms with Crippen LogP contribution in [0.3, 0.4) is 0 Å². The van der Waals surface area contributed by atoms with Gasteiger partial charge in [0, 0.05) is 34.9 Å². The fourth-order valence-electron chi connectivity index (χ4n) is 2.02. The number of hydrogen-bond donors (Lipinski definition) is 1. The summed E-state index contributed by atoms with van der Waals surface area (Å²) in [6.45, 7) is 9.56. The van der Waals surface area contributed by atoms with Gasteiger partial charge in [0.15, 0.2) is 0 Å². The smallest absolute Gasteiger partial charge is 0.0701 e. The standard InChI is InChI=1S/C16H23BrN2S2/c1-16(2,3)18-8-13-5-6-14(21-13)10-19(4)9-12-7-15(17)20-11-12/h5-7,11,18H,8-10H2,1-4H3. The number of nitrogens with zero attached hydrogens (tertiary/aromatic N) is 1. The molecule has 0 aliphatic carbocycles. The molecule has 0 unspecified atom stereocenters. The fourth-order valence-corrected chi connectivity index (χ4v) is 4.26. The largest absolute Gasteiger partial charge is 0.307 e. The van der Waals surface area contributed by atoms with Gasteiger partial charge in [0.05, 0.1) is 3.79 Å². The molecule has 0 atom stereocenters. The van der Waals surface area contributed by atoms with Crippen LogP contribution in [0, 0.1) is 0 Å². The number of hydrogen-bond acceptors (Lipinski definition) is 4. The third kappa shape index (κ3) is 6.20. The van der Waals surface area contributed by atoms with E-state index in [0.717, 1.165) is 19.6 Å². The Morgan fingerprint density at radius 3 is 2.52 bits per heavy atom. The zero-order valence-corrected chi connectivity index (χ0v) is 16.3. The van der Waals surface area contributed by atoms with Crippen LogP contribution in [-0.4, -0.2) is 17.5 Å². The molecule has 2 aromatic rings. The normalized spacial score (nSPS) is 12.3. The lowest BCUT2D eigenvalue weighted by Crippen LogP contribution is -2.34. The summed E-state index contributed by atoms with van der Waals surface area (Å²) in [7, 11) is 2.18. The molecular formula is C16H23BrN2S2. The first-order valence-corrected chi connectivity index (χ1v) is 9.55. The third-order valence-corrected chi connectivity index (χ3v) is 5.63. The first kappa shape index (κ1) is 17.2. The van der Waals surface area contributed by atoms with E-state index in [-0.39, 0.29) is 5.54 Å². The topological polar surface area (TPSA) is 15.3 Å². The van der Waals surface area contributed by atoms with Gasteiger partial charge in [0.25, 0.3) is 0 Å². The number of rotatable bonds is 6. The number of thiophene rings is 2. The average molecular weight is 387 g/mol. The lowest BCUT2D eigenvalue weighted by Gasteiger charge is -2.19. The average Bonchev–Trinajstić information content (AvgIpc) is 2.95. The monoisotopic (exact) mass is 386 g/mol. The summed E-state index contributed by atoms with van der Waals surface area (Å²) < 4.78 is 1.21. The quantitative estimate of drug-likeness (QED) is 0.743. The molecule has 2 nitrogen and oxygen atoms in total. The van der Waals surface area contributed by atoms with Crippen LogP contribution < -0.4 is 5.32 Å². The summed E-state index contributed by atoms with van der Waals surface area (Å²) in [5.74, 6) is 0. The van der Waals surface area contributed by atoms with Gasteiger partial charge in [-0.2, -0.15) is 0 Å². The van der Waals surface area contributed by atoms with Gasteiger partial charge in [0.2, 0.25) is 0 Å². The van der Waals surface area contributed by atoms with Gasteiger partial charge in [-0.1, -0.05) is 0 Å². The maximum Gasteiger partial charge on any atom is 0.0701 e. The second-order valence-corrected chi connectivity index (χ2v) is 9.95. The summed E-state index contributed by atoms with van der Waals surface area (Å²) in [6.07, 6.45) is 0. The van der Waals surface area contributed by atoms with E-state index in [2.05, 4.69) is 77.5 Å². The van der Waals surface area contributed by atoms with Gasteiger partial charge in [0.1, 0.15) is 0 Å². The predicted molar refractivity (Wildman–Crippen MR) is 98.1 cm³/mol. The van der Waals surface area contributed by atoms with Gasteiger partial charge in [-0.25, -0.2) is 0 Å². The molecule has 0 fully saturated rings. The van der Waals surface area contributed by atoms with Crippen molar-refractivity contribution in [1.29, 1.82) is 0 Å². The molecule has 2 heterocycles. The van der Waals surface area contributed by atoms with E-state index in [9.17, 15) is 0 Å². The zero-order valence-electron chi connectivity index (χ0n) is 13.1. The van der Waals surface area contributed by atoms with Crippen molar-refractivity contribution in [2.75, 3.05) is 7.05 Å². The Bertz CT molecular complexity index is 569. The Labute approximate surface area is 144 Å². The van der Waals surface area contributed by atoms with E-state index in [0.29, 0.717) is 0 Å². The van der Waals surface area contributed by atoms with Crippen molar-refractivity contribution in [3.8, 4) is 0 Å². The predicted octanol–water partition coefficient (Wildman–Crippen LogP) is 5.09. The molecule has 116 valence electrons. The minimum Gasteiger partial charge on any atom is -0.307 e. The first-order chi connectivity index (χ1) is 9.82. The van der Waals surface area contributed by atoms with Gasteiger partial charge in [-0.15, -0.1) is 22.7 Å². The van der Waals surface area contributed by atoms with E-state index >= 15 is 0 Å². The Morgan fingerprint density at radius 1 is 1.19 bits per heavy atom. The number of nitrogens with one attached hydrogen (secondary N) is 1. The van der Waals surface area contributed by atoms with Crippen molar-refractivity contribution in [3.63, 3.8) is 0 Å². The summed E-state index contributed by atoms with van der Waals surface area (Å²) in [5.41, 5.74) is 1.55. The van der Waals surface area contributed by atoms with Crippen LogP contribution in [0.5, 0.6) is 0 Å². The maximum absolute atomic E-state index is 3.54. The molecule has 0 saturated heterocycles. The molecular weight excluding hydrogens is 364 g/mol. The van der Waals surface area contributed by atoms with Crippen molar-refractivity contribution in [3.05, 3.63) is 42.7 Å². The lowest BCUT2D eigenvalue weighted by atomic mass is 10.1. The highest BCUT2D eigenvalue weighted by Gasteiger charge is 2.10. The second kappa shape index (κ2) is 7.38. The van der Waals surface area contributed by atoms with Gasteiger partial charge in [-0.05, 0) is 72.9 Å². The molecule has 0 spiro atoms. The van der Waals surface area contributed by atoms with Crippen molar-refractivity contribution >= 4 is 38.6 Å². The Morgan fingerprint density at radius 2 is 1.90 bits per heavy atom. The van der Waals surface area contributed by atoms with Crippen molar-refractivity contribution in [1.82, 2.24) is 10.2 Å². The van der Waals surface area contributed by atoms with Gasteiger partial charge in [-0.3, -0.25) is 4.90 Å². The van der Waals surface area contributed by atoms with Gasteiger partial charge >= 0.3 is 0 Å². The van der Waals surface area contributed by atoms with E-state index in [1.807, 2.05) is 11.3 Å². The van der Waals surface area contributed by atoms with E-state index in [1.165, 1.54) is 19.1 Å². The van der Waals surface area contributed by atoms with Crippen LogP contribution >= 0.6 is 38.6 Å². The van der Waals surface area contributed by atoms with Crippen LogP contribution in [0.4, 0.5) is 0 Å². The summed E-state index contributed by atoms with van der Waals surface area (Å²) in [5, 5.41) is 5.76. The van der Waals surface area contributed by atoms with Crippen LogP contribution in [0.1, 0.15) is 36.1 Å². The fraction of sp³-hybridized carbons (Fsp3) is 0.500. The maximum atomic E-state index is 3.54. The Balaban J connectivity index is 1.84. The van der Waals surface area contributed by atoms with Crippen molar-refractivity contribution in [2.45, 2.75) is 45.9 Å². The summed E-state index contributed by atoms with van der Waals surface area (Å²) >= 11 is 7.18. The highest BCUT2D eigenvalue weighted by Crippen LogP contribution is 2.23. The molecule has 0 bridgehead atoms. The highest BCUT2D eigenvalue weighted by atomic mass is 79.9. The SMILES string of the molecule is CN(Cc1csc(Br)c1)Cc1ccc(CNC(C)(C)C)s1. The molecule has 0 amide bonds. The molecule has 5 heteroatoms. The minimum atomic E-state index is 0.174. The summed E-state index contributed by atoms with van der Waals surface area (Å²) in [6, 6.07) is 6.70. The molecule has 2 aromatic heterocycles. The van der Waals surface area contributed by atoms with Crippen molar-refractivity contribution < 1.29 is 0 Å². The van der Waals surface area contributed by atoms with E-state index in [4.69, 9.17) is 0 Å². The molecule has 2 rings (SSSR count). The molecule has 0 aromatic carbocycles. The Hall–Kier alpha value is -0.200. The van der Waals surface area contributed by atoms with Crippen LogP contribution in [0.2, 0.25) is 0 Å². The summed E-state index contributed by atoms with van der Waals surface area (Å²) in [4.78, 5) is 5.20. The molecule has 21 heavy (non-hydrogen) atoms. The van der Waals surface area contributed by atoms with Crippen LogP contribution in [0.25, 0.3) is 0 Å². The minimum absolute atomic E-state index is 0.174. The van der Waals surface area contributed by atoms with Crippen LogP contribution in [-0.2, 0) is 19.6 Å². The molecule has 0 aliphatic rings. The van der Waals surface area contributed by atoms with Crippen molar-refractivity contribution in [2.24, 2.45) is 0 Å². The second-order valence-electron chi connectivity index (χ2n) is 6.40. The molecule has 0 aliphatic heterocycles. The van der Waals surface area contributed by atoms with E-state index in [1.54, 1.807) is 11.3 Å². The van der Waals surface area contributed by atoms with Crippen LogP contribution in [0.15, 0.2) is 27.4 Å². The lowest BCUT2D eigenvalue weighted by molar-refractivity contribution is 0.322. The van der Waals surface area contributed by atoms with Gasteiger partial charge < -0.3 is 5.32 Å². The zero-order chi connectivity index (χ0) is 15.5. The Kier molecular flexibility index (Phi) is 6.03. The first-order valence-electron chi connectivity index (χ1n) is 7.06. The molecule has 0 saturated carbocycles. The molecule has 0 radical (unpaired) electrons. The molecule has 1 N–H and O–H groups in total.